The van der Waals surface area contributed by atoms with E-state index in [0.717, 1.165) is 18.5 Å². The minimum atomic E-state index is -0.0111. The zero-order valence-corrected chi connectivity index (χ0v) is 12.6. The van der Waals surface area contributed by atoms with Gasteiger partial charge in [-0.3, -0.25) is 4.79 Å². The van der Waals surface area contributed by atoms with Crippen molar-refractivity contribution in [1.82, 2.24) is 5.32 Å². The molecule has 1 amide bonds. The van der Waals surface area contributed by atoms with Crippen LogP contribution < -0.4 is 10.6 Å². The van der Waals surface area contributed by atoms with Crippen molar-refractivity contribution in [3.05, 3.63) is 65.2 Å². The number of anilines is 1. The van der Waals surface area contributed by atoms with Crippen LogP contribution in [-0.4, -0.2) is 19.0 Å². The third kappa shape index (κ3) is 5.88. The monoisotopic (exact) mass is 302 g/mol. The van der Waals surface area contributed by atoms with Crippen molar-refractivity contribution in [3.8, 4) is 0 Å². The third-order valence-electron chi connectivity index (χ3n) is 3.08. The maximum absolute atomic E-state index is 11.7. The summed E-state index contributed by atoms with van der Waals surface area (Å²) in [4.78, 5) is 11.7. The first-order valence-corrected chi connectivity index (χ1v) is 7.42. The van der Waals surface area contributed by atoms with E-state index in [2.05, 4.69) is 22.8 Å². The van der Waals surface area contributed by atoms with Gasteiger partial charge in [0.15, 0.2) is 0 Å². The van der Waals surface area contributed by atoms with E-state index in [1.807, 2.05) is 30.3 Å². The average Bonchev–Trinajstić information content (AvgIpc) is 2.51. The van der Waals surface area contributed by atoms with E-state index in [9.17, 15) is 4.79 Å². The summed E-state index contributed by atoms with van der Waals surface area (Å²) in [5, 5.41) is 6.61. The fraction of sp³-hybridized carbons (Fsp3) is 0.235. The zero-order valence-electron chi connectivity index (χ0n) is 11.8. The second kappa shape index (κ2) is 8.32. The highest BCUT2D eigenvalue weighted by Crippen LogP contribution is 2.14. The predicted octanol–water partition coefficient (Wildman–Crippen LogP) is 3.50. The van der Waals surface area contributed by atoms with Gasteiger partial charge in [0.05, 0.1) is 6.54 Å². The summed E-state index contributed by atoms with van der Waals surface area (Å²) in [6.45, 7) is 0.941. The number of hydrogen-bond donors (Lipinski definition) is 2. The topological polar surface area (TPSA) is 41.1 Å². The first-order chi connectivity index (χ1) is 10.2. The summed E-state index contributed by atoms with van der Waals surface area (Å²) in [7, 11) is 0. The SMILES string of the molecule is O=C(CNc1cccc(Cl)c1)NCCCc1ccccc1. The second-order valence-corrected chi connectivity index (χ2v) is 5.24. The van der Waals surface area contributed by atoms with Crippen LogP contribution in [0.3, 0.4) is 0 Å². The molecule has 0 aliphatic carbocycles. The Balaban J connectivity index is 1.62. The molecule has 2 aromatic rings. The van der Waals surface area contributed by atoms with Gasteiger partial charge in [-0.05, 0) is 36.6 Å². The minimum absolute atomic E-state index is 0.0111. The lowest BCUT2D eigenvalue weighted by atomic mass is 10.1. The molecule has 0 fully saturated rings. The van der Waals surface area contributed by atoms with Gasteiger partial charge in [-0.2, -0.15) is 0 Å². The number of halogens is 1. The van der Waals surface area contributed by atoms with Gasteiger partial charge in [-0.15, -0.1) is 0 Å². The van der Waals surface area contributed by atoms with E-state index in [1.54, 1.807) is 12.1 Å². The van der Waals surface area contributed by atoms with E-state index in [1.165, 1.54) is 5.56 Å². The molecule has 2 N–H and O–H groups in total. The van der Waals surface area contributed by atoms with Crippen molar-refractivity contribution in [3.63, 3.8) is 0 Å². The lowest BCUT2D eigenvalue weighted by Gasteiger charge is -2.08. The molecule has 3 nitrogen and oxygen atoms in total. The van der Waals surface area contributed by atoms with Crippen LogP contribution in [0.5, 0.6) is 0 Å². The molecule has 0 aliphatic heterocycles. The second-order valence-electron chi connectivity index (χ2n) is 4.80. The molecular formula is C17H19ClN2O. The lowest BCUT2D eigenvalue weighted by molar-refractivity contribution is -0.119. The summed E-state index contributed by atoms with van der Waals surface area (Å²) in [5.74, 6) is -0.0111. The fourth-order valence-electron chi connectivity index (χ4n) is 2.01. The van der Waals surface area contributed by atoms with Gasteiger partial charge in [-0.25, -0.2) is 0 Å². The molecule has 0 aromatic heterocycles. The fourth-order valence-corrected chi connectivity index (χ4v) is 2.20. The Kier molecular flexibility index (Phi) is 6.10. The molecule has 0 bridgehead atoms. The Morgan fingerprint density at radius 2 is 1.86 bits per heavy atom. The standard InChI is InChI=1S/C17H19ClN2O/c18-15-9-4-10-16(12-15)20-13-17(21)19-11-5-8-14-6-2-1-3-7-14/h1-4,6-7,9-10,12,20H,5,8,11,13H2,(H,19,21). The number of hydrogen-bond acceptors (Lipinski definition) is 2. The van der Waals surface area contributed by atoms with E-state index in [-0.39, 0.29) is 12.5 Å². The van der Waals surface area contributed by atoms with Gasteiger partial charge in [0.2, 0.25) is 5.91 Å². The van der Waals surface area contributed by atoms with Crippen LogP contribution >= 0.6 is 11.6 Å². The van der Waals surface area contributed by atoms with Gasteiger partial charge >= 0.3 is 0 Å². The number of aryl methyl sites for hydroxylation is 1. The van der Waals surface area contributed by atoms with Gasteiger partial charge in [-0.1, -0.05) is 48.0 Å². The highest BCUT2D eigenvalue weighted by Gasteiger charge is 2.01. The molecule has 4 heteroatoms. The molecule has 0 spiro atoms. The zero-order chi connectivity index (χ0) is 14.9. The van der Waals surface area contributed by atoms with Gasteiger partial charge in [0.25, 0.3) is 0 Å². The Hall–Kier alpha value is -2.00. The first kappa shape index (κ1) is 15.4. The largest absolute Gasteiger partial charge is 0.376 e. The van der Waals surface area contributed by atoms with Crippen LogP contribution in [-0.2, 0) is 11.2 Å². The van der Waals surface area contributed by atoms with Crippen LogP contribution in [0.1, 0.15) is 12.0 Å². The predicted molar refractivity (Wildman–Crippen MR) is 87.7 cm³/mol. The highest BCUT2D eigenvalue weighted by molar-refractivity contribution is 6.30. The van der Waals surface area contributed by atoms with Crippen molar-refractivity contribution in [2.45, 2.75) is 12.8 Å². The molecule has 0 heterocycles. The molecule has 110 valence electrons. The molecular weight excluding hydrogens is 284 g/mol. The van der Waals surface area contributed by atoms with Crippen molar-refractivity contribution >= 4 is 23.2 Å². The van der Waals surface area contributed by atoms with E-state index in [4.69, 9.17) is 11.6 Å². The normalized spacial score (nSPS) is 10.1. The number of rotatable bonds is 7. The number of amides is 1. The Morgan fingerprint density at radius 3 is 2.62 bits per heavy atom. The van der Waals surface area contributed by atoms with E-state index in [0.29, 0.717) is 11.6 Å². The quantitative estimate of drug-likeness (QED) is 0.769. The van der Waals surface area contributed by atoms with Gasteiger partial charge in [0.1, 0.15) is 0 Å². The molecule has 0 radical (unpaired) electrons. The number of nitrogens with one attached hydrogen (secondary N) is 2. The summed E-state index contributed by atoms with van der Waals surface area (Å²) in [5.41, 5.74) is 2.14. The molecule has 0 unspecified atom stereocenters. The lowest BCUT2D eigenvalue weighted by Crippen LogP contribution is -2.30. The van der Waals surface area contributed by atoms with Crippen LogP contribution in [0.15, 0.2) is 54.6 Å². The van der Waals surface area contributed by atoms with Crippen molar-refractivity contribution in [2.24, 2.45) is 0 Å². The smallest absolute Gasteiger partial charge is 0.239 e. The van der Waals surface area contributed by atoms with Crippen molar-refractivity contribution < 1.29 is 4.79 Å². The van der Waals surface area contributed by atoms with Crippen LogP contribution in [0.25, 0.3) is 0 Å². The number of benzene rings is 2. The maximum atomic E-state index is 11.7. The number of carbonyl (C=O) groups is 1. The summed E-state index contributed by atoms with van der Waals surface area (Å²) >= 11 is 5.88. The van der Waals surface area contributed by atoms with Gasteiger partial charge in [0, 0.05) is 17.3 Å². The summed E-state index contributed by atoms with van der Waals surface area (Å²) < 4.78 is 0. The highest BCUT2D eigenvalue weighted by atomic mass is 35.5. The van der Waals surface area contributed by atoms with Crippen LogP contribution in [0.2, 0.25) is 5.02 Å². The minimum Gasteiger partial charge on any atom is -0.376 e. The maximum Gasteiger partial charge on any atom is 0.239 e. The van der Waals surface area contributed by atoms with Crippen molar-refractivity contribution in [1.29, 1.82) is 0 Å². The summed E-state index contributed by atoms with van der Waals surface area (Å²) in [6, 6.07) is 17.6. The molecule has 0 saturated heterocycles. The molecule has 21 heavy (non-hydrogen) atoms. The molecule has 2 rings (SSSR count). The Labute approximate surface area is 130 Å². The first-order valence-electron chi connectivity index (χ1n) is 7.04. The van der Waals surface area contributed by atoms with E-state index >= 15 is 0 Å². The molecule has 0 saturated carbocycles. The molecule has 0 atom stereocenters. The summed E-state index contributed by atoms with van der Waals surface area (Å²) in [6.07, 6.45) is 1.91. The average molecular weight is 303 g/mol. The van der Waals surface area contributed by atoms with E-state index < -0.39 is 0 Å². The third-order valence-corrected chi connectivity index (χ3v) is 3.32. The number of carbonyl (C=O) groups excluding carboxylic acids is 1. The Morgan fingerprint density at radius 1 is 1.05 bits per heavy atom. The van der Waals surface area contributed by atoms with Crippen LogP contribution in [0.4, 0.5) is 5.69 Å². The van der Waals surface area contributed by atoms with Gasteiger partial charge < -0.3 is 10.6 Å². The van der Waals surface area contributed by atoms with Crippen LogP contribution in [0, 0.1) is 0 Å². The Bertz CT molecular complexity index is 572. The molecule has 0 aliphatic rings. The van der Waals surface area contributed by atoms with Crippen molar-refractivity contribution in [2.75, 3.05) is 18.4 Å². The molecule has 2 aromatic carbocycles.